The van der Waals surface area contributed by atoms with Crippen molar-refractivity contribution < 1.29 is 9.59 Å². The molecule has 2 aromatic carbocycles. The fourth-order valence-corrected chi connectivity index (χ4v) is 2.92. The van der Waals surface area contributed by atoms with Gasteiger partial charge < -0.3 is 0 Å². The second-order valence-electron chi connectivity index (χ2n) is 7.35. The van der Waals surface area contributed by atoms with Crippen LogP contribution in [0.2, 0.25) is 0 Å². The molecule has 128 valence electrons. The van der Waals surface area contributed by atoms with Crippen molar-refractivity contribution in [2.24, 2.45) is 11.0 Å². The lowest BCUT2D eigenvalue weighted by atomic mass is 9.85. The zero-order chi connectivity index (χ0) is 18.2. The lowest BCUT2D eigenvalue weighted by Crippen LogP contribution is -2.32. The summed E-state index contributed by atoms with van der Waals surface area (Å²) >= 11 is 0. The standard InChI is InChI=1S/C21H22N2O2/c1-14-18(20(25)23(22-14)17-8-6-5-7-9-17)19(24)15-10-12-16(13-11-15)21(2,3)4/h5-13,18H,1-4H3/t18-/m1/s1. The van der Waals surface area contributed by atoms with Gasteiger partial charge in [-0.2, -0.15) is 10.1 Å². The molecule has 0 N–H and O–H groups in total. The smallest absolute Gasteiger partial charge is 0.264 e. The van der Waals surface area contributed by atoms with Crippen LogP contribution in [0.15, 0.2) is 59.7 Å². The van der Waals surface area contributed by atoms with Crippen LogP contribution in [0.25, 0.3) is 0 Å². The van der Waals surface area contributed by atoms with Gasteiger partial charge in [0, 0.05) is 5.56 Å². The van der Waals surface area contributed by atoms with Crippen LogP contribution < -0.4 is 5.01 Å². The average molecular weight is 334 g/mol. The first kappa shape index (κ1) is 17.1. The van der Waals surface area contributed by atoms with Crippen molar-refractivity contribution in [3.05, 3.63) is 65.7 Å². The normalized spacial score (nSPS) is 17.6. The fourth-order valence-electron chi connectivity index (χ4n) is 2.92. The Balaban J connectivity index is 1.86. The van der Waals surface area contributed by atoms with Gasteiger partial charge in [-0.1, -0.05) is 63.2 Å². The second-order valence-corrected chi connectivity index (χ2v) is 7.35. The zero-order valence-corrected chi connectivity index (χ0v) is 15.0. The maximum Gasteiger partial charge on any atom is 0.264 e. The van der Waals surface area contributed by atoms with Crippen molar-refractivity contribution in [2.75, 3.05) is 5.01 Å². The Morgan fingerprint density at radius 3 is 2.16 bits per heavy atom. The third-order valence-corrected chi connectivity index (χ3v) is 4.43. The van der Waals surface area contributed by atoms with Crippen molar-refractivity contribution in [1.29, 1.82) is 0 Å². The molecule has 25 heavy (non-hydrogen) atoms. The van der Waals surface area contributed by atoms with Crippen LogP contribution in [0.3, 0.4) is 0 Å². The van der Waals surface area contributed by atoms with E-state index >= 15 is 0 Å². The highest BCUT2D eigenvalue weighted by Gasteiger charge is 2.39. The summed E-state index contributed by atoms with van der Waals surface area (Å²) < 4.78 is 0. The largest absolute Gasteiger partial charge is 0.293 e. The molecule has 1 aliphatic rings. The van der Waals surface area contributed by atoms with E-state index in [1.807, 2.05) is 30.3 Å². The maximum absolute atomic E-state index is 12.9. The number of para-hydroxylation sites is 1. The molecule has 0 bridgehead atoms. The number of carbonyl (C=O) groups is 2. The van der Waals surface area contributed by atoms with Gasteiger partial charge in [0.05, 0.1) is 11.4 Å². The van der Waals surface area contributed by atoms with Crippen LogP contribution in [0.5, 0.6) is 0 Å². The van der Waals surface area contributed by atoms with Crippen molar-refractivity contribution in [3.63, 3.8) is 0 Å². The van der Waals surface area contributed by atoms with Crippen molar-refractivity contribution in [1.82, 2.24) is 0 Å². The Bertz CT molecular complexity index is 830. The summed E-state index contributed by atoms with van der Waals surface area (Å²) in [6.07, 6.45) is 0. The van der Waals surface area contributed by atoms with Gasteiger partial charge >= 0.3 is 0 Å². The van der Waals surface area contributed by atoms with Gasteiger partial charge in [0.15, 0.2) is 5.78 Å². The SMILES string of the molecule is CC1=NN(c2ccccc2)C(=O)[C@H]1C(=O)c1ccc(C(C)(C)C)cc1. The minimum Gasteiger partial charge on any atom is -0.293 e. The number of hydrazone groups is 1. The van der Waals surface area contributed by atoms with E-state index < -0.39 is 5.92 Å². The summed E-state index contributed by atoms with van der Waals surface area (Å²) in [4.78, 5) is 25.6. The lowest BCUT2D eigenvalue weighted by Gasteiger charge is -2.19. The minimum absolute atomic E-state index is 0.0201. The molecule has 0 unspecified atom stereocenters. The van der Waals surface area contributed by atoms with Gasteiger partial charge in [-0.05, 0) is 30.0 Å². The molecule has 1 aliphatic heterocycles. The maximum atomic E-state index is 12.9. The Labute approximate surface area is 148 Å². The molecule has 1 amide bonds. The van der Waals surface area contributed by atoms with Crippen LogP contribution >= 0.6 is 0 Å². The van der Waals surface area contributed by atoms with Gasteiger partial charge in [-0.25, -0.2) is 0 Å². The van der Waals surface area contributed by atoms with Gasteiger partial charge in [0.1, 0.15) is 5.92 Å². The summed E-state index contributed by atoms with van der Waals surface area (Å²) in [5, 5.41) is 5.63. The van der Waals surface area contributed by atoms with E-state index in [9.17, 15) is 9.59 Å². The van der Waals surface area contributed by atoms with E-state index in [-0.39, 0.29) is 17.1 Å². The van der Waals surface area contributed by atoms with Crippen molar-refractivity contribution in [2.45, 2.75) is 33.1 Å². The summed E-state index contributed by atoms with van der Waals surface area (Å²) in [5.41, 5.74) is 2.91. The molecular formula is C21H22N2O2. The zero-order valence-electron chi connectivity index (χ0n) is 15.0. The molecule has 0 saturated heterocycles. The van der Waals surface area contributed by atoms with E-state index in [2.05, 4.69) is 25.9 Å². The number of ketones is 1. The molecule has 3 rings (SSSR count). The molecule has 0 spiro atoms. The highest BCUT2D eigenvalue weighted by Crippen LogP contribution is 2.27. The topological polar surface area (TPSA) is 49.7 Å². The quantitative estimate of drug-likeness (QED) is 0.624. The number of amides is 1. The molecule has 0 fully saturated rings. The van der Waals surface area contributed by atoms with Crippen LogP contribution in [-0.2, 0) is 10.2 Å². The van der Waals surface area contributed by atoms with E-state index in [1.54, 1.807) is 31.2 Å². The van der Waals surface area contributed by atoms with Crippen LogP contribution in [0.1, 0.15) is 43.6 Å². The number of rotatable bonds is 3. The highest BCUT2D eigenvalue weighted by molar-refractivity contribution is 6.30. The number of anilines is 1. The predicted molar refractivity (Wildman–Crippen MR) is 100.0 cm³/mol. The molecule has 2 aromatic rings. The predicted octanol–water partition coefficient (Wildman–Crippen LogP) is 4.21. The molecular weight excluding hydrogens is 312 g/mol. The number of nitrogens with zero attached hydrogens (tertiary/aromatic N) is 2. The van der Waals surface area contributed by atoms with E-state index in [0.29, 0.717) is 17.0 Å². The monoisotopic (exact) mass is 334 g/mol. The van der Waals surface area contributed by atoms with Crippen molar-refractivity contribution >= 4 is 23.1 Å². The lowest BCUT2D eigenvalue weighted by molar-refractivity contribution is -0.118. The second kappa shape index (κ2) is 6.28. The summed E-state index contributed by atoms with van der Waals surface area (Å²) in [5.74, 6) is -1.35. The van der Waals surface area contributed by atoms with E-state index in [4.69, 9.17) is 0 Å². The molecule has 4 nitrogen and oxygen atoms in total. The van der Waals surface area contributed by atoms with Gasteiger partial charge in [0.25, 0.3) is 5.91 Å². The Hall–Kier alpha value is -2.75. The molecule has 1 heterocycles. The third kappa shape index (κ3) is 3.25. The first-order valence-corrected chi connectivity index (χ1v) is 8.38. The minimum atomic E-state index is -0.847. The number of hydrogen-bond donors (Lipinski definition) is 0. The van der Waals surface area contributed by atoms with Gasteiger partial charge in [-0.3, -0.25) is 9.59 Å². The molecule has 0 aliphatic carbocycles. The van der Waals surface area contributed by atoms with Crippen molar-refractivity contribution in [3.8, 4) is 0 Å². The molecule has 0 radical (unpaired) electrons. The molecule has 4 heteroatoms. The first-order chi connectivity index (χ1) is 11.8. The highest BCUT2D eigenvalue weighted by atomic mass is 16.2. The summed E-state index contributed by atoms with van der Waals surface area (Å²) in [6, 6.07) is 16.7. The van der Waals surface area contributed by atoms with Crippen LogP contribution in [-0.4, -0.2) is 17.4 Å². The Kier molecular flexibility index (Phi) is 4.29. The number of Topliss-reactive ketones (excluding diaryl/α,β-unsaturated/α-hetero) is 1. The number of carbonyl (C=O) groups excluding carboxylic acids is 2. The fraction of sp³-hybridized carbons (Fsp3) is 0.286. The Morgan fingerprint density at radius 1 is 1.00 bits per heavy atom. The molecule has 1 atom stereocenters. The third-order valence-electron chi connectivity index (χ3n) is 4.43. The number of hydrogen-bond acceptors (Lipinski definition) is 3. The van der Waals surface area contributed by atoms with Gasteiger partial charge in [0.2, 0.25) is 0 Å². The molecule has 0 saturated carbocycles. The summed E-state index contributed by atoms with van der Waals surface area (Å²) in [7, 11) is 0. The van der Waals surface area contributed by atoms with Crippen LogP contribution in [0.4, 0.5) is 5.69 Å². The number of benzene rings is 2. The first-order valence-electron chi connectivity index (χ1n) is 8.38. The van der Waals surface area contributed by atoms with E-state index in [0.717, 1.165) is 5.56 Å². The average Bonchev–Trinajstić information content (AvgIpc) is 2.89. The molecule has 0 aromatic heterocycles. The Morgan fingerprint density at radius 2 is 1.60 bits per heavy atom. The van der Waals surface area contributed by atoms with Crippen LogP contribution in [0, 0.1) is 5.92 Å². The van der Waals surface area contributed by atoms with E-state index in [1.165, 1.54) is 5.01 Å². The summed E-state index contributed by atoms with van der Waals surface area (Å²) in [6.45, 7) is 8.10. The van der Waals surface area contributed by atoms with Gasteiger partial charge in [-0.15, -0.1) is 0 Å².